The fraction of sp³-hybridized carbons (Fsp3) is 0.444. The molecule has 0 bridgehead atoms. The van der Waals surface area contributed by atoms with Crippen LogP contribution in [-0.2, 0) is 9.47 Å². The number of hydrogen-bond acceptors (Lipinski definition) is 3. The SMILES string of the molecule is CC(=CC(F)F)OC(=O)OC(C)=CC(F)F. The van der Waals surface area contributed by atoms with E-state index in [0.717, 1.165) is 13.8 Å². The molecule has 0 atom stereocenters. The van der Waals surface area contributed by atoms with Gasteiger partial charge in [0.15, 0.2) is 0 Å². The van der Waals surface area contributed by atoms with Crippen molar-refractivity contribution in [2.24, 2.45) is 0 Å². The summed E-state index contributed by atoms with van der Waals surface area (Å²) in [5, 5.41) is 0. The van der Waals surface area contributed by atoms with Crippen molar-refractivity contribution in [2.75, 3.05) is 0 Å². The van der Waals surface area contributed by atoms with E-state index in [4.69, 9.17) is 0 Å². The third-order valence-electron chi connectivity index (χ3n) is 1.21. The van der Waals surface area contributed by atoms with Gasteiger partial charge in [-0.3, -0.25) is 0 Å². The van der Waals surface area contributed by atoms with E-state index in [1.807, 2.05) is 0 Å². The lowest BCUT2D eigenvalue weighted by Crippen LogP contribution is -2.06. The summed E-state index contributed by atoms with van der Waals surface area (Å²) >= 11 is 0. The van der Waals surface area contributed by atoms with E-state index in [1.165, 1.54) is 0 Å². The Bertz CT molecular complexity index is 269. The number of carbonyl (C=O) groups excluding carboxylic acids is 1. The van der Waals surface area contributed by atoms with Crippen LogP contribution in [0.15, 0.2) is 23.7 Å². The van der Waals surface area contributed by atoms with E-state index in [2.05, 4.69) is 9.47 Å². The first-order valence-electron chi connectivity index (χ1n) is 4.14. The van der Waals surface area contributed by atoms with Crippen molar-refractivity contribution in [2.45, 2.75) is 26.7 Å². The normalized spacial score (nSPS) is 13.2. The Labute approximate surface area is 89.3 Å². The van der Waals surface area contributed by atoms with E-state index < -0.39 is 19.0 Å². The molecule has 0 heterocycles. The average Bonchev–Trinajstić information content (AvgIpc) is 1.97. The molecule has 0 radical (unpaired) electrons. The van der Waals surface area contributed by atoms with Crippen LogP contribution in [0.4, 0.5) is 22.4 Å². The molecule has 0 unspecified atom stereocenters. The predicted octanol–water partition coefficient (Wildman–Crippen LogP) is 3.48. The molecule has 0 N–H and O–H groups in total. The van der Waals surface area contributed by atoms with Gasteiger partial charge in [-0.05, 0) is 13.8 Å². The Morgan fingerprint density at radius 3 is 1.50 bits per heavy atom. The number of alkyl halides is 4. The van der Waals surface area contributed by atoms with E-state index in [9.17, 15) is 22.4 Å². The van der Waals surface area contributed by atoms with Crippen LogP contribution in [0.2, 0.25) is 0 Å². The summed E-state index contributed by atoms with van der Waals surface area (Å²) in [5.41, 5.74) is 0. The largest absolute Gasteiger partial charge is 0.518 e. The lowest BCUT2D eigenvalue weighted by Gasteiger charge is -2.05. The van der Waals surface area contributed by atoms with Gasteiger partial charge in [-0.2, -0.15) is 0 Å². The van der Waals surface area contributed by atoms with Crippen LogP contribution in [0.1, 0.15) is 13.8 Å². The minimum atomic E-state index is -2.77. The minimum absolute atomic E-state index is 0.371. The van der Waals surface area contributed by atoms with Gasteiger partial charge in [0.25, 0.3) is 12.9 Å². The molecule has 0 aromatic rings. The highest BCUT2D eigenvalue weighted by molar-refractivity contribution is 5.62. The fourth-order valence-corrected chi connectivity index (χ4v) is 0.707. The number of ether oxygens (including phenoxy) is 2. The quantitative estimate of drug-likeness (QED) is 0.430. The molecule has 0 aliphatic rings. The summed E-state index contributed by atoms with van der Waals surface area (Å²) in [6.07, 6.45) is -6.12. The third-order valence-corrected chi connectivity index (χ3v) is 1.21. The molecular weight excluding hydrogens is 232 g/mol. The van der Waals surface area contributed by atoms with Crippen molar-refractivity contribution in [3.8, 4) is 0 Å². The predicted molar refractivity (Wildman–Crippen MR) is 47.1 cm³/mol. The zero-order valence-corrected chi connectivity index (χ0v) is 8.55. The van der Waals surface area contributed by atoms with Gasteiger partial charge in [-0.1, -0.05) is 0 Å². The van der Waals surface area contributed by atoms with Crippen molar-refractivity contribution in [1.29, 1.82) is 0 Å². The molecule has 7 heteroatoms. The lowest BCUT2D eigenvalue weighted by atomic mass is 10.5. The van der Waals surface area contributed by atoms with Gasteiger partial charge in [0, 0.05) is 12.2 Å². The fourth-order valence-electron chi connectivity index (χ4n) is 0.707. The monoisotopic (exact) mass is 242 g/mol. The van der Waals surface area contributed by atoms with Gasteiger partial charge in [-0.25, -0.2) is 22.4 Å². The Balaban J connectivity index is 4.19. The molecule has 0 saturated carbocycles. The summed E-state index contributed by atoms with van der Waals surface area (Å²) in [4.78, 5) is 10.8. The topological polar surface area (TPSA) is 35.5 Å². The molecule has 0 aliphatic carbocycles. The molecule has 3 nitrogen and oxygen atoms in total. The van der Waals surface area contributed by atoms with Crippen LogP contribution >= 0.6 is 0 Å². The molecule has 16 heavy (non-hydrogen) atoms. The van der Waals surface area contributed by atoms with Crippen molar-refractivity contribution in [3.63, 3.8) is 0 Å². The van der Waals surface area contributed by atoms with E-state index in [1.54, 1.807) is 0 Å². The summed E-state index contributed by atoms with van der Waals surface area (Å²) in [6, 6.07) is 0. The summed E-state index contributed by atoms with van der Waals surface area (Å²) < 4.78 is 55.5. The summed E-state index contributed by atoms with van der Waals surface area (Å²) in [5.74, 6) is -0.741. The number of halogens is 4. The van der Waals surface area contributed by atoms with Gasteiger partial charge in [0.2, 0.25) is 0 Å². The Kier molecular flexibility index (Phi) is 6.21. The molecule has 0 aromatic heterocycles. The van der Waals surface area contributed by atoms with Gasteiger partial charge < -0.3 is 9.47 Å². The van der Waals surface area contributed by atoms with Gasteiger partial charge in [-0.15, -0.1) is 0 Å². The maximum absolute atomic E-state index is 11.8. The highest BCUT2D eigenvalue weighted by atomic mass is 19.3. The van der Waals surface area contributed by atoms with Crippen LogP contribution < -0.4 is 0 Å². The minimum Gasteiger partial charge on any atom is -0.400 e. The third kappa shape index (κ3) is 7.84. The Hall–Kier alpha value is -1.53. The molecule has 0 fully saturated rings. The highest BCUT2D eigenvalue weighted by Gasteiger charge is 2.09. The van der Waals surface area contributed by atoms with Crippen molar-refractivity contribution in [1.82, 2.24) is 0 Å². The summed E-state index contributed by atoms with van der Waals surface area (Å²) in [7, 11) is 0. The van der Waals surface area contributed by atoms with Crippen LogP contribution in [0.3, 0.4) is 0 Å². The second kappa shape index (κ2) is 6.86. The molecule has 0 aliphatic heterocycles. The van der Waals surface area contributed by atoms with E-state index in [-0.39, 0.29) is 11.5 Å². The molecular formula is C9H10F4O3. The second-order valence-corrected chi connectivity index (χ2v) is 2.68. The maximum atomic E-state index is 11.8. The number of hydrogen-bond donors (Lipinski definition) is 0. The molecule has 0 amide bonds. The van der Waals surface area contributed by atoms with Crippen molar-refractivity contribution >= 4 is 6.16 Å². The van der Waals surface area contributed by atoms with Crippen LogP contribution in [-0.4, -0.2) is 19.0 Å². The van der Waals surface area contributed by atoms with Crippen molar-refractivity contribution < 1.29 is 31.8 Å². The van der Waals surface area contributed by atoms with Crippen molar-refractivity contribution in [3.05, 3.63) is 23.7 Å². The second-order valence-electron chi connectivity index (χ2n) is 2.68. The van der Waals surface area contributed by atoms with Gasteiger partial charge >= 0.3 is 6.16 Å². The van der Waals surface area contributed by atoms with Crippen LogP contribution in [0, 0.1) is 0 Å². The van der Waals surface area contributed by atoms with Crippen LogP contribution in [0.25, 0.3) is 0 Å². The Morgan fingerprint density at radius 1 is 0.938 bits per heavy atom. The smallest absolute Gasteiger partial charge is 0.400 e. The molecule has 0 saturated heterocycles. The number of carbonyl (C=O) groups is 1. The average molecular weight is 242 g/mol. The Morgan fingerprint density at radius 2 is 1.25 bits per heavy atom. The zero-order valence-electron chi connectivity index (χ0n) is 8.55. The van der Waals surface area contributed by atoms with Gasteiger partial charge in [0.1, 0.15) is 11.5 Å². The molecule has 0 spiro atoms. The first kappa shape index (κ1) is 14.5. The lowest BCUT2D eigenvalue weighted by molar-refractivity contribution is 0.0980. The van der Waals surface area contributed by atoms with Gasteiger partial charge in [0.05, 0.1) is 0 Å². The standard InChI is InChI=1S/C9H10F4O3/c1-5(3-7(10)11)15-9(14)16-6(2)4-8(12)13/h3-4,7-8H,1-2H3. The molecule has 0 rings (SSSR count). The maximum Gasteiger partial charge on any atom is 0.518 e. The first-order chi connectivity index (χ1) is 7.31. The van der Waals surface area contributed by atoms with Crippen LogP contribution in [0.5, 0.6) is 0 Å². The van der Waals surface area contributed by atoms with E-state index >= 15 is 0 Å². The summed E-state index contributed by atoms with van der Waals surface area (Å²) in [6.45, 7) is 2.22. The zero-order chi connectivity index (χ0) is 12.7. The first-order valence-corrected chi connectivity index (χ1v) is 4.14. The molecule has 0 aromatic carbocycles. The highest BCUT2D eigenvalue weighted by Crippen LogP contribution is 2.08. The van der Waals surface area contributed by atoms with E-state index in [0.29, 0.717) is 12.2 Å². The molecule has 92 valence electrons. The number of allylic oxidation sites excluding steroid dienone is 4. The number of rotatable bonds is 4.